The zero-order valence-corrected chi connectivity index (χ0v) is 11.3. The SMILES string of the molecule is CC(NCC(O)C1CC1)c1cc(Cl)ccc1Cl. The van der Waals surface area contributed by atoms with Crippen molar-refractivity contribution < 1.29 is 5.11 Å². The molecule has 94 valence electrons. The number of nitrogens with one attached hydrogen (secondary N) is 1. The van der Waals surface area contributed by atoms with Gasteiger partial charge in [0.1, 0.15) is 0 Å². The number of aliphatic hydroxyl groups excluding tert-OH is 1. The van der Waals surface area contributed by atoms with Crippen LogP contribution in [-0.4, -0.2) is 17.8 Å². The van der Waals surface area contributed by atoms with Crippen molar-refractivity contribution in [3.05, 3.63) is 33.8 Å². The van der Waals surface area contributed by atoms with E-state index in [4.69, 9.17) is 23.2 Å². The predicted molar refractivity (Wildman–Crippen MR) is 71.6 cm³/mol. The molecule has 0 heterocycles. The van der Waals surface area contributed by atoms with E-state index in [1.54, 1.807) is 12.1 Å². The Hall–Kier alpha value is -0.280. The second-order valence-electron chi connectivity index (χ2n) is 4.70. The molecule has 1 fully saturated rings. The zero-order valence-electron chi connectivity index (χ0n) is 9.79. The van der Waals surface area contributed by atoms with Crippen LogP contribution in [0.1, 0.15) is 31.4 Å². The molecular weight excluding hydrogens is 257 g/mol. The molecule has 2 unspecified atom stereocenters. The minimum Gasteiger partial charge on any atom is -0.392 e. The molecule has 2 N–H and O–H groups in total. The van der Waals surface area contributed by atoms with Crippen LogP contribution in [0.2, 0.25) is 10.0 Å². The zero-order chi connectivity index (χ0) is 12.4. The lowest BCUT2D eigenvalue weighted by Gasteiger charge is -2.18. The summed E-state index contributed by atoms with van der Waals surface area (Å²) in [7, 11) is 0. The van der Waals surface area contributed by atoms with E-state index < -0.39 is 0 Å². The number of aliphatic hydroxyl groups is 1. The standard InChI is InChI=1S/C13H17Cl2NO/c1-8(16-7-13(17)9-2-3-9)11-6-10(14)4-5-12(11)15/h4-6,8-9,13,16-17H,2-3,7H2,1H3. The Bertz CT molecular complexity index is 393. The third kappa shape index (κ3) is 3.59. The van der Waals surface area contributed by atoms with Crippen molar-refractivity contribution in [2.24, 2.45) is 5.92 Å². The molecule has 0 aliphatic heterocycles. The summed E-state index contributed by atoms with van der Waals surface area (Å²) in [6.45, 7) is 2.63. The molecule has 2 atom stereocenters. The van der Waals surface area contributed by atoms with Crippen LogP contribution in [-0.2, 0) is 0 Å². The third-order valence-corrected chi connectivity index (χ3v) is 3.80. The molecular formula is C13H17Cl2NO. The summed E-state index contributed by atoms with van der Waals surface area (Å²) in [5.41, 5.74) is 0.974. The Kier molecular flexibility index (Phi) is 4.31. The minimum atomic E-state index is -0.240. The molecule has 1 saturated carbocycles. The van der Waals surface area contributed by atoms with Crippen molar-refractivity contribution in [1.82, 2.24) is 5.32 Å². The first-order valence-corrected chi connectivity index (χ1v) is 6.70. The Balaban J connectivity index is 1.93. The normalized spacial score (nSPS) is 19.1. The van der Waals surface area contributed by atoms with Gasteiger partial charge in [-0.1, -0.05) is 23.2 Å². The first kappa shape index (κ1) is 13.2. The number of benzene rings is 1. The Morgan fingerprint density at radius 2 is 2.12 bits per heavy atom. The average Bonchev–Trinajstić information content (AvgIpc) is 3.12. The molecule has 1 aliphatic carbocycles. The van der Waals surface area contributed by atoms with Crippen molar-refractivity contribution in [2.45, 2.75) is 31.9 Å². The third-order valence-electron chi connectivity index (χ3n) is 3.22. The highest BCUT2D eigenvalue weighted by Gasteiger charge is 2.29. The van der Waals surface area contributed by atoms with Crippen LogP contribution in [0, 0.1) is 5.92 Å². The van der Waals surface area contributed by atoms with Gasteiger partial charge in [-0.3, -0.25) is 0 Å². The number of hydrogen-bond donors (Lipinski definition) is 2. The highest BCUT2D eigenvalue weighted by Crippen LogP contribution is 2.32. The van der Waals surface area contributed by atoms with Gasteiger partial charge in [0.05, 0.1) is 6.10 Å². The van der Waals surface area contributed by atoms with Gasteiger partial charge in [0.2, 0.25) is 0 Å². The fourth-order valence-electron chi connectivity index (χ4n) is 1.90. The lowest BCUT2D eigenvalue weighted by molar-refractivity contribution is 0.145. The maximum atomic E-state index is 9.79. The number of halogens is 2. The molecule has 4 heteroatoms. The van der Waals surface area contributed by atoms with E-state index in [1.165, 1.54) is 0 Å². The fourth-order valence-corrected chi connectivity index (χ4v) is 2.36. The predicted octanol–water partition coefficient (Wildman–Crippen LogP) is 3.41. The van der Waals surface area contributed by atoms with Gasteiger partial charge >= 0.3 is 0 Å². The van der Waals surface area contributed by atoms with Gasteiger partial charge in [-0.15, -0.1) is 0 Å². The van der Waals surface area contributed by atoms with E-state index in [0.717, 1.165) is 18.4 Å². The van der Waals surface area contributed by atoms with E-state index in [9.17, 15) is 5.11 Å². The van der Waals surface area contributed by atoms with Crippen LogP contribution in [0.15, 0.2) is 18.2 Å². The van der Waals surface area contributed by atoms with Crippen LogP contribution in [0.4, 0.5) is 0 Å². The molecule has 1 aliphatic rings. The molecule has 0 amide bonds. The quantitative estimate of drug-likeness (QED) is 0.862. The van der Waals surface area contributed by atoms with E-state index in [1.807, 2.05) is 13.0 Å². The van der Waals surface area contributed by atoms with Gasteiger partial charge in [0.15, 0.2) is 0 Å². The number of hydrogen-bond acceptors (Lipinski definition) is 2. The van der Waals surface area contributed by atoms with Crippen molar-refractivity contribution in [1.29, 1.82) is 0 Å². The molecule has 1 aromatic carbocycles. The monoisotopic (exact) mass is 273 g/mol. The van der Waals surface area contributed by atoms with Gasteiger partial charge in [-0.2, -0.15) is 0 Å². The Labute approximate surface area is 112 Å². The molecule has 17 heavy (non-hydrogen) atoms. The maximum absolute atomic E-state index is 9.79. The summed E-state index contributed by atoms with van der Waals surface area (Å²) < 4.78 is 0. The molecule has 2 nitrogen and oxygen atoms in total. The van der Waals surface area contributed by atoms with Crippen molar-refractivity contribution in [3.8, 4) is 0 Å². The molecule has 2 rings (SSSR count). The molecule has 0 bridgehead atoms. The van der Waals surface area contributed by atoms with Crippen molar-refractivity contribution >= 4 is 23.2 Å². The summed E-state index contributed by atoms with van der Waals surface area (Å²) >= 11 is 12.1. The summed E-state index contributed by atoms with van der Waals surface area (Å²) in [5.74, 6) is 0.490. The van der Waals surface area contributed by atoms with E-state index >= 15 is 0 Å². The van der Waals surface area contributed by atoms with Gasteiger partial charge in [-0.25, -0.2) is 0 Å². The van der Waals surface area contributed by atoms with Crippen LogP contribution in [0.5, 0.6) is 0 Å². The lowest BCUT2D eigenvalue weighted by atomic mass is 10.1. The second-order valence-corrected chi connectivity index (χ2v) is 5.54. The summed E-state index contributed by atoms with van der Waals surface area (Å²) in [4.78, 5) is 0. The van der Waals surface area contributed by atoms with Crippen LogP contribution >= 0.6 is 23.2 Å². The van der Waals surface area contributed by atoms with E-state index in [0.29, 0.717) is 22.5 Å². The smallest absolute Gasteiger partial charge is 0.0692 e. The van der Waals surface area contributed by atoms with Gasteiger partial charge in [0, 0.05) is 22.6 Å². The molecule has 0 spiro atoms. The Morgan fingerprint density at radius 1 is 1.41 bits per heavy atom. The second kappa shape index (κ2) is 5.57. The van der Waals surface area contributed by atoms with Gasteiger partial charge < -0.3 is 10.4 Å². The highest BCUT2D eigenvalue weighted by molar-refractivity contribution is 6.33. The minimum absolute atomic E-state index is 0.0922. The van der Waals surface area contributed by atoms with Gasteiger partial charge in [0.25, 0.3) is 0 Å². The lowest BCUT2D eigenvalue weighted by Crippen LogP contribution is -2.30. The first-order valence-electron chi connectivity index (χ1n) is 5.94. The van der Waals surface area contributed by atoms with E-state index in [-0.39, 0.29) is 12.1 Å². The summed E-state index contributed by atoms with van der Waals surface area (Å²) in [6, 6.07) is 5.54. The van der Waals surface area contributed by atoms with E-state index in [2.05, 4.69) is 5.32 Å². The summed E-state index contributed by atoms with van der Waals surface area (Å²) in [6.07, 6.45) is 2.06. The van der Waals surface area contributed by atoms with Crippen LogP contribution in [0.25, 0.3) is 0 Å². The largest absolute Gasteiger partial charge is 0.392 e. The molecule has 0 saturated heterocycles. The van der Waals surface area contributed by atoms with Gasteiger partial charge in [-0.05, 0) is 49.4 Å². The first-order chi connectivity index (χ1) is 8.08. The highest BCUT2D eigenvalue weighted by atomic mass is 35.5. The molecule has 0 aromatic heterocycles. The van der Waals surface area contributed by atoms with Crippen molar-refractivity contribution in [2.75, 3.05) is 6.54 Å². The molecule has 1 aromatic rings. The topological polar surface area (TPSA) is 32.3 Å². The van der Waals surface area contributed by atoms with Crippen LogP contribution < -0.4 is 5.32 Å². The summed E-state index contributed by atoms with van der Waals surface area (Å²) in [5, 5.41) is 14.5. The number of rotatable bonds is 5. The van der Waals surface area contributed by atoms with Crippen molar-refractivity contribution in [3.63, 3.8) is 0 Å². The maximum Gasteiger partial charge on any atom is 0.0692 e. The Morgan fingerprint density at radius 3 is 2.76 bits per heavy atom. The van der Waals surface area contributed by atoms with Crippen LogP contribution in [0.3, 0.4) is 0 Å². The average molecular weight is 274 g/mol. The molecule has 0 radical (unpaired) electrons. The fraction of sp³-hybridized carbons (Fsp3) is 0.538.